The molecule has 3 rings (SSSR count). The van der Waals surface area contributed by atoms with Gasteiger partial charge in [-0.25, -0.2) is 9.97 Å². The average molecular weight is 362 g/mol. The second-order valence-electron chi connectivity index (χ2n) is 6.67. The normalized spacial score (nSPS) is 12.0. The maximum atomic E-state index is 8.09. The number of anilines is 1. The van der Waals surface area contributed by atoms with Gasteiger partial charge in [0, 0.05) is 16.7 Å². The summed E-state index contributed by atoms with van der Waals surface area (Å²) in [5, 5.41) is 12.6. The van der Waals surface area contributed by atoms with Crippen LogP contribution < -0.4 is 10.1 Å². The molecule has 0 radical (unpaired) electrons. The molecule has 2 aromatic carbocycles. The second kappa shape index (κ2) is 8.62. The van der Waals surface area contributed by atoms with Gasteiger partial charge in [-0.05, 0) is 31.0 Å². The van der Waals surface area contributed by atoms with E-state index in [0.717, 1.165) is 41.5 Å². The first-order valence-corrected chi connectivity index (χ1v) is 9.33. The minimum absolute atomic E-state index is 0.167. The molecule has 3 aromatic rings. The van der Waals surface area contributed by atoms with E-state index in [9.17, 15) is 0 Å². The maximum Gasteiger partial charge on any atom is 0.137 e. The Morgan fingerprint density at radius 2 is 1.96 bits per heavy atom. The molecule has 140 valence electrons. The van der Waals surface area contributed by atoms with Crippen LogP contribution in [-0.4, -0.2) is 22.8 Å². The van der Waals surface area contributed by atoms with Gasteiger partial charge in [0.15, 0.2) is 0 Å². The van der Waals surface area contributed by atoms with E-state index in [4.69, 9.17) is 10.1 Å². The van der Waals surface area contributed by atoms with E-state index in [0.29, 0.717) is 11.5 Å². The third kappa shape index (κ3) is 4.25. The first-order chi connectivity index (χ1) is 13.1. The molecule has 5 heteroatoms. The monoisotopic (exact) mass is 362 g/mol. The predicted molar refractivity (Wildman–Crippen MR) is 111 cm³/mol. The standard InChI is InChI=1S/C22H26N4O/c1-4-5-11-20(16-9-7-6-8-10-16)26-22-19-13-17(27-3)12-18(15(2)23)21(19)24-14-25-22/h6-10,12-14,20,23H,4-5,11H2,1-3H3,(H,24,25,26). The van der Waals surface area contributed by atoms with Crippen molar-refractivity contribution < 1.29 is 4.74 Å². The number of hydrogen-bond acceptors (Lipinski definition) is 5. The fraction of sp³-hybridized carbons (Fsp3) is 0.318. The van der Waals surface area contributed by atoms with Gasteiger partial charge in [-0.1, -0.05) is 50.1 Å². The van der Waals surface area contributed by atoms with E-state index in [-0.39, 0.29) is 6.04 Å². The van der Waals surface area contributed by atoms with Crippen LogP contribution in [0.15, 0.2) is 48.8 Å². The maximum absolute atomic E-state index is 8.09. The summed E-state index contributed by atoms with van der Waals surface area (Å²) in [6, 6.07) is 14.4. The van der Waals surface area contributed by atoms with Crippen LogP contribution in [0.25, 0.3) is 10.9 Å². The predicted octanol–water partition coefficient (Wildman–Crippen LogP) is 5.37. The van der Waals surface area contributed by atoms with E-state index in [1.165, 1.54) is 5.56 Å². The molecular weight excluding hydrogens is 336 g/mol. The summed E-state index contributed by atoms with van der Waals surface area (Å²) in [7, 11) is 1.63. The van der Waals surface area contributed by atoms with Gasteiger partial charge in [-0.15, -0.1) is 0 Å². The van der Waals surface area contributed by atoms with Crippen LogP contribution in [0.2, 0.25) is 0 Å². The number of unbranched alkanes of at least 4 members (excludes halogenated alkanes) is 1. The number of fused-ring (bicyclic) bond motifs is 1. The lowest BCUT2D eigenvalue weighted by molar-refractivity contribution is 0.415. The second-order valence-corrected chi connectivity index (χ2v) is 6.67. The van der Waals surface area contributed by atoms with Gasteiger partial charge in [0.25, 0.3) is 0 Å². The van der Waals surface area contributed by atoms with Crippen LogP contribution in [-0.2, 0) is 0 Å². The largest absolute Gasteiger partial charge is 0.497 e. The Bertz CT molecular complexity index is 924. The highest BCUT2D eigenvalue weighted by Crippen LogP contribution is 2.31. The van der Waals surface area contributed by atoms with Crippen LogP contribution in [0, 0.1) is 5.41 Å². The van der Waals surface area contributed by atoms with Gasteiger partial charge >= 0.3 is 0 Å². The molecule has 2 N–H and O–H groups in total. The zero-order valence-electron chi connectivity index (χ0n) is 16.1. The van der Waals surface area contributed by atoms with Crippen LogP contribution in [0.3, 0.4) is 0 Å². The van der Waals surface area contributed by atoms with E-state index in [1.807, 2.05) is 18.2 Å². The third-order valence-corrected chi connectivity index (χ3v) is 4.71. The molecule has 5 nitrogen and oxygen atoms in total. The highest BCUT2D eigenvalue weighted by molar-refractivity contribution is 6.09. The molecule has 1 heterocycles. The zero-order valence-corrected chi connectivity index (χ0v) is 16.1. The number of benzene rings is 2. The number of methoxy groups -OCH3 is 1. The quantitative estimate of drug-likeness (QED) is 0.529. The van der Waals surface area contributed by atoms with Gasteiger partial charge in [-0.3, -0.25) is 0 Å². The topological polar surface area (TPSA) is 70.9 Å². The van der Waals surface area contributed by atoms with Crippen molar-refractivity contribution in [2.75, 3.05) is 12.4 Å². The smallest absolute Gasteiger partial charge is 0.137 e. The fourth-order valence-corrected chi connectivity index (χ4v) is 3.24. The number of rotatable bonds is 8. The van der Waals surface area contributed by atoms with Gasteiger partial charge in [0.1, 0.15) is 17.9 Å². The SMILES string of the molecule is CCCCC(Nc1ncnc2c(C(C)=N)cc(OC)cc12)c1ccccc1. The van der Waals surface area contributed by atoms with Crippen molar-refractivity contribution in [3.8, 4) is 5.75 Å². The minimum atomic E-state index is 0.167. The number of nitrogens with one attached hydrogen (secondary N) is 2. The lowest BCUT2D eigenvalue weighted by Gasteiger charge is -2.21. The Hall–Kier alpha value is -2.95. The molecule has 0 bridgehead atoms. The fourth-order valence-electron chi connectivity index (χ4n) is 3.24. The molecule has 0 aliphatic carbocycles. The summed E-state index contributed by atoms with van der Waals surface area (Å²) in [4.78, 5) is 8.94. The van der Waals surface area contributed by atoms with Gasteiger partial charge in [0.05, 0.1) is 18.7 Å². The molecule has 0 spiro atoms. The molecule has 0 aliphatic heterocycles. The number of hydrogen-bond donors (Lipinski definition) is 2. The Labute approximate surface area is 160 Å². The van der Waals surface area contributed by atoms with E-state index >= 15 is 0 Å². The Morgan fingerprint density at radius 1 is 1.19 bits per heavy atom. The molecule has 0 aliphatic rings. The molecule has 1 atom stereocenters. The van der Waals surface area contributed by atoms with Crippen LogP contribution in [0.5, 0.6) is 5.75 Å². The molecule has 0 saturated carbocycles. The van der Waals surface area contributed by atoms with Gasteiger partial charge < -0.3 is 15.5 Å². The highest BCUT2D eigenvalue weighted by atomic mass is 16.5. The third-order valence-electron chi connectivity index (χ3n) is 4.71. The first kappa shape index (κ1) is 18.8. The van der Waals surface area contributed by atoms with E-state index in [2.05, 4.69) is 46.5 Å². The van der Waals surface area contributed by atoms with Crippen molar-refractivity contribution >= 4 is 22.4 Å². The number of ether oxygens (including phenoxy) is 1. The molecule has 0 amide bonds. The van der Waals surface area contributed by atoms with Crippen LogP contribution in [0.4, 0.5) is 5.82 Å². The van der Waals surface area contributed by atoms with Crippen LogP contribution >= 0.6 is 0 Å². The van der Waals surface area contributed by atoms with E-state index < -0.39 is 0 Å². The minimum Gasteiger partial charge on any atom is -0.497 e. The lowest BCUT2D eigenvalue weighted by Crippen LogP contribution is -2.13. The van der Waals surface area contributed by atoms with Crippen molar-refractivity contribution in [2.24, 2.45) is 0 Å². The highest BCUT2D eigenvalue weighted by Gasteiger charge is 2.16. The van der Waals surface area contributed by atoms with Crippen molar-refractivity contribution in [1.82, 2.24) is 9.97 Å². The Morgan fingerprint density at radius 3 is 2.63 bits per heavy atom. The van der Waals surface area contributed by atoms with Gasteiger partial charge in [-0.2, -0.15) is 0 Å². The summed E-state index contributed by atoms with van der Waals surface area (Å²) in [5.74, 6) is 1.47. The van der Waals surface area contributed by atoms with E-state index in [1.54, 1.807) is 20.4 Å². The summed E-state index contributed by atoms with van der Waals surface area (Å²) in [6.07, 6.45) is 4.85. The zero-order chi connectivity index (χ0) is 19.2. The van der Waals surface area contributed by atoms with Crippen molar-refractivity contribution in [3.63, 3.8) is 0 Å². The van der Waals surface area contributed by atoms with Gasteiger partial charge in [0.2, 0.25) is 0 Å². The van der Waals surface area contributed by atoms with Crippen molar-refractivity contribution in [2.45, 2.75) is 39.2 Å². The lowest BCUT2D eigenvalue weighted by atomic mass is 10.0. The Kier molecular flexibility index (Phi) is 6.01. The molecule has 1 aromatic heterocycles. The Balaban J connectivity index is 2.06. The molecule has 0 saturated heterocycles. The van der Waals surface area contributed by atoms with Crippen LogP contribution in [0.1, 0.15) is 50.3 Å². The molecular formula is C22H26N4O. The summed E-state index contributed by atoms with van der Waals surface area (Å²) < 4.78 is 5.44. The average Bonchev–Trinajstić information content (AvgIpc) is 2.70. The first-order valence-electron chi connectivity index (χ1n) is 9.33. The number of nitrogens with zero attached hydrogens (tertiary/aromatic N) is 2. The van der Waals surface area contributed by atoms with Crippen molar-refractivity contribution in [3.05, 3.63) is 59.9 Å². The summed E-state index contributed by atoms with van der Waals surface area (Å²) in [6.45, 7) is 3.96. The number of aromatic nitrogens is 2. The molecule has 1 unspecified atom stereocenters. The van der Waals surface area contributed by atoms with Crippen molar-refractivity contribution in [1.29, 1.82) is 5.41 Å². The summed E-state index contributed by atoms with van der Waals surface area (Å²) in [5.41, 5.74) is 3.22. The molecule has 0 fully saturated rings. The summed E-state index contributed by atoms with van der Waals surface area (Å²) >= 11 is 0. The molecule has 27 heavy (non-hydrogen) atoms.